The molecule has 0 aromatic heterocycles. The number of rotatable bonds is 2. The highest BCUT2D eigenvalue weighted by molar-refractivity contribution is 5.93. The minimum atomic E-state index is 0.890. The van der Waals surface area contributed by atoms with Crippen molar-refractivity contribution in [3.8, 4) is 0 Å². The van der Waals surface area contributed by atoms with E-state index in [0.717, 1.165) is 6.54 Å². The number of hydrogen-bond donors (Lipinski definition) is 0. The van der Waals surface area contributed by atoms with E-state index in [9.17, 15) is 0 Å². The van der Waals surface area contributed by atoms with Gasteiger partial charge in [0.15, 0.2) is 0 Å². The molecule has 1 aliphatic rings. The van der Waals surface area contributed by atoms with Crippen LogP contribution in [0.2, 0.25) is 0 Å². The molecule has 0 bridgehead atoms. The number of benzene rings is 2. The van der Waals surface area contributed by atoms with Crippen LogP contribution in [-0.2, 0) is 0 Å². The van der Waals surface area contributed by atoms with E-state index in [1.165, 1.54) is 27.8 Å². The molecule has 0 N–H and O–H groups in total. The fourth-order valence-electron chi connectivity index (χ4n) is 2.55. The summed E-state index contributed by atoms with van der Waals surface area (Å²) in [6.07, 6.45) is 6.48. The van der Waals surface area contributed by atoms with E-state index in [1.807, 2.05) is 0 Å². The van der Waals surface area contributed by atoms with E-state index in [4.69, 9.17) is 0 Å². The fraction of sp³-hybridized carbons (Fsp3) is 0.150. The SMILES string of the molecule is CN(C)CC=C=C1c2ccccc2C=Cc2ccccc21. The summed E-state index contributed by atoms with van der Waals surface area (Å²) in [5, 5.41) is 0. The van der Waals surface area contributed by atoms with E-state index < -0.39 is 0 Å². The lowest BCUT2D eigenvalue weighted by atomic mass is 9.94. The van der Waals surface area contributed by atoms with Crippen LogP contribution in [0.5, 0.6) is 0 Å². The predicted octanol–water partition coefficient (Wildman–Crippen LogP) is 4.32. The van der Waals surface area contributed by atoms with Crippen LogP contribution in [0.3, 0.4) is 0 Å². The second-order valence-electron chi connectivity index (χ2n) is 5.49. The normalized spacial score (nSPS) is 12.4. The molecular weight excluding hydrogens is 254 g/mol. The van der Waals surface area contributed by atoms with Gasteiger partial charge in [0.25, 0.3) is 0 Å². The van der Waals surface area contributed by atoms with Gasteiger partial charge in [-0.05, 0) is 42.4 Å². The van der Waals surface area contributed by atoms with Crippen LogP contribution >= 0.6 is 0 Å². The molecular formula is C20H19N. The van der Waals surface area contributed by atoms with Crippen LogP contribution in [0.1, 0.15) is 22.3 Å². The van der Waals surface area contributed by atoms with Gasteiger partial charge in [-0.15, -0.1) is 5.73 Å². The average Bonchev–Trinajstić information content (AvgIpc) is 2.65. The number of nitrogens with zero attached hydrogens (tertiary/aromatic N) is 1. The van der Waals surface area contributed by atoms with Gasteiger partial charge in [-0.25, -0.2) is 0 Å². The highest BCUT2D eigenvalue weighted by atomic mass is 15.0. The van der Waals surface area contributed by atoms with E-state index in [0.29, 0.717) is 0 Å². The van der Waals surface area contributed by atoms with Crippen LogP contribution in [0.15, 0.2) is 60.3 Å². The summed E-state index contributed by atoms with van der Waals surface area (Å²) in [5.74, 6) is 0. The van der Waals surface area contributed by atoms with Crippen molar-refractivity contribution in [2.45, 2.75) is 0 Å². The molecule has 0 fully saturated rings. The fourth-order valence-corrected chi connectivity index (χ4v) is 2.55. The summed E-state index contributed by atoms with van der Waals surface area (Å²) in [7, 11) is 4.14. The van der Waals surface area contributed by atoms with Crippen LogP contribution < -0.4 is 0 Å². The van der Waals surface area contributed by atoms with Crippen molar-refractivity contribution in [1.29, 1.82) is 0 Å². The molecule has 104 valence electrons. The molecule has 2 aromatic rings. The smallest absolute Gasteiger partial charge is 0.0318 e. The molecule has 0 heterocycles. The lowest BCUT2D eigenvalue weighted by Crippen LogP contribution is -2.10. The molecule has 21 heavy (non-hydrogen) atoms. The minimum absolute atomic E-state index is 0.890. The van der Waals surface area contributed by atoms with Crippen molar-refractivity contribution in [3.63, 3.8) is 0 Å². The summed E-state index contributed by atoms with van der Waals surface area (Å²) < 4.78 is 0. The summed E-state index contributed by atoms with van der Waals surface area (Å²) in [6, 6.07) is 17.0. The van der Waals surface area contributed by atoms with Crippen LogP contribution in [-0.4, -0.2) is 25.5 Å². The van der Waals surface area contributed by atoms with Gasteiger partial charge in [-0.1, -0.05) is 60.7 Å². The summed E-state index contributed by atoms with van der Waals surface area (Å²) >= 11 is 0. The zero-order valence-electron chi connectivity index (χ0n) is 12.5. The van der Waals surface area contributed by atoms with Crippen molar-refractivity contribution in [2.75, 3.05) is 20.6 Å². The molecule has 1 heteroatoms. The first-order valence-electron chi connectivity index (χ1n) is 7.22. The van der Waals surface area contributed by atoms with Gasteiger partial charge < -0.3 is 4.90 Å². The average molecular weight is 273 g/mol. The van der Waals surface area contributed by atoms with E-state index in [2.05, 4.69) is 91.5 Å². The Hall–Kier alpha value is -2.34. The molecule has 1 aliphatic carbocycles. The van der Waals surface area contributed by atoms with Gasteiger partial charge in [0.05, 0.1) is 0 Å². The molecule has 2 aromatic carbocycles. The van der Waals surface area contributed by atoms with E-state index in [1.54, 1.807) is 0 Å². The second-order valence-corrected chi connectivity index (χ2v) is 5.49. The largest absolute Gasteiger partial charge is 0.305 e. The molecule has 0 aliphatic heterocycles. The Morgan fingerprint density at radius 3 is 1.90 bits per heavy atom. The summed E-state index contributed by atoms with van der Waals surface area (Å²) in [5.41, 5.74) is 9.67. The Balaban J connectivity index is 2.22. The van der Waals surface area contributed by atoms with Crippen molar-refractivity contribution >= 4 is 17.7 Å². The number of fused-ring (bicyclic) bond motifs is 2. The standard InChI is InChI=1S/C20H19N/c1-21(2)15-7-12-20-18-10-5-3-8-16(18)13-14-17-9-4-6-11-19(17)20/h3-11,13-14H,15H2,1-2H3. The molecule has 0 radical (unpaired) electrons. The lowest BCUT2D eigenvalue weighted by molar-refractivity contribution is 0.457. The molecule has 3 rings (SSSR count). The van der Waals surface area contributed by atoms with Crippen molar-refractivity contribution < 1.29 is 0 Å². The third-order valence-electron chi connectivity index (χ3n) is 3.61. The van der Waals surface area contributed by atoms with Gasteiger partial charge in [0.1, 0.15) is 0 Å². The van der Waals surface area contributed by atoms with E-state index >= 15 is 0 Å². The third-order valence-corrected chi connectivity index (χ3v) is 3.61. The van der Waals surface area contributed by atoms with Crippen molar-refractivity contribution in [2.24, 2.45) is 0 Å². The first kappa shape index (κ1) is 13.6. The quantitative estimate of drug-likeness (QED) is 0.629. The van der Waals surface area contributed by atoms with Gasteiger partial charge in [-0.2, -0.15) is 0 Å². The highest BCUT2D eigenvalue weighted by Crippen LogP contribution is 2.32. The molecule has 0 saturated carbocycles. The Kier molecular flexibility index (Phi) is 3.87. The van der Waals surface area contributed by atoms with Gasteiger partial charge in [0, 0.05) is 12.1 Å². The Morgan fingerprint density at radius 1 is 0.857 bits per heavy atom. The molecule has 0 atom stereocenters. The first-order chi connectivity index (χ1) is 10.3. The maximum absolute atomic E-state index is 3.52. The Labute approximate surface area is 126 Å². The topological polar surface area (TPSA) is 3.24 Å². The molecule has 0 unspecified atom stereocenters. The zero-order valence-corrected chi connectivity index (χ0v) is 12.5. The van der Waals surface area contributed by atoms with Crippen LogP contribution in [0, 0.1) is 0 Å². The lowest BCUT2D eigenvalue weighted by Gasteiger charge is -2.09. The van der Waals surface area contributed by atoms with Crippen LogP contribution in [0.4, 0.5) is 0 Å². The zero-order chi connectivity index (χ0) is 14.7. The maximum atomic E-state index is 3.52. The molecule has 0 amide bonds. The predicted molar refractivity (Wildman–Crippen MR) is 91.0 cm³/mol. The second kappa shape index (κ2) is 5.97. The summed E-state index contributed by atoms with van der Waals surface area (Å²) in [4.78, 5) is 2.14. The van der Waals surface area contributed by atoms with Gasteiger partial charge >= 0.3 is 0 Å². The van der Waals surface area contributed by atoms with E-state index in [-0.39, 0.29) is 0 Å². The van der Waals surface area contributed by atoms with Crippen molar-refractivity contribution in [1.82, 2.24) is 4.90 Å². The van der Waals surface area contributed by atoms with Gasteiger partial charge in [-0.3, -0.25) is 0 Å². The Morgan fingerprint density at radius 2 is 1.38 bits per heavy atom. The highest BCUT2D eigenvalue weighted by Gasteiger charge is 2.13. The number of likely N-dealkylation sites (N-methyl/N-ethyl adjacent to an activating group) is 1. The maximum Gasteiger partial charge on any atom is 0.0318 e. The molecule has 1 nitrogen and oxygen atoms in total. The number of hydrogen-bond acceptors (Lipinski definition) is 1. The van der Waals surface area contributed by atoms with Crippen LogP contribution in [0.25, 0.3) is 17.7 Å². The Bertz CT molecular complexity index is 692. The first-order valence-corrected chi connectivity index (χ1v) is 7.22. The third kappa shape index (κ3) is 2.90. The van der Waals surface area contributed by atoms with Crippen molar-refractivity contribution in [3.05, 3.63) is 82.6 Å². The summed E-state index contributed by atoms with van der Waals surface area (Å²) in [6.45, 7) is 0.890. The monoisotopic (exact) mass is 273 g/mol. The van der Waals surface area contributed by atoms with Gasteiger partial charge in [0.2, 0.25) is 0 Å². The molecule has 0 saturated heterocycles. The minimum Gasteiger partial charge on any atom is -0.305 e. The molecule has 0 spiro atoms.